The van der Waals surface area contributed by atoms with Gasteiger partial charge in [0.05, 0.1) is 27.6 Å². The molecule has 0 fully saturated rings. The molecule has 2 aromatic heterocycles. The number of ketones is 1. The summed E-state index contributed by atoms with van der Waals surface area (Å²) in [6.45, 7) is 10.7. The first-order valence-electron chi connectivity index (χ1n) is 16.4. The number of anilines is 2. The number of nitrogens with zero attached hydrogens (tertiary/aromatic N) is 4. The Morgan fingerprint density at radius 1 is 0.596 bits per heavy atom. The van der Waals surface area contributed by atoms with E-state index in [-0.39, 0.29) is 22.9 Å². The second-order valence-corrected chi connectivity index (χ2v) is 14.1. The maximum Gasteiger partial charge on any atom is 0.229 e. The molecule has 0 aliphatic heterocycles. The molecule has 0 saturated carbocycles. The summed E-state index contributed by atoms with van der Waals surface area (Å²) in [5.41, 5.74) is 2.90. The standard InChI is InChI=1S/C20H20FN3O2.C20H18FN3O2/c2*1-20(2,3)19(26)24-13-5-6-15(21)14(11-13)18(25)12-4-7-16-17(10-12)23-9-8-22-16/h4-11,18,25H,1-3H3,(H,24,26);4-11H,1-3H3,(H,24,26). The van der Waals surface area contributed by atoms with Gasteiger partial charge in [0.2, 0.25) is 11.8 Å². The fourth-order valence-corrected chi connectivity index (χ4v) is 4.84. The predicted octanol–water partition coefficient (Wildman–Crippen LogP) is 7.82. The maximum absolute atomic E-state index is 14.3. The molecule has 0 aliphatic rings. The van der Waals surface area contributed by atoms with Crippen molar-refractivity contribution in [2.75, 3.05) is 10.6 Å². The number of carbonyl (C=O) groups excluding carboxylic acids is 3. The highest BCUT2D eigenvalue weighted by Gasteiger charge is 2.24. The zero-order valence-corrected chi connectivity index (χ0v) is 29.5. The molecule has 266 valence electrons. The average Bonchev–Trinajstić information content (AvgIpc) is 3.11. The van der Waals surface area contributed by atoms with E-state index in [0.29, 0.717) is 44.6 Å². The molecular formula is C40H38F2N6O4. The van der Waals surface area contributed by atoms with Gasteiger partial charge in [-0.3, -0.25) is 34.3 Å². The lowest BCUT2D eigenvalue weighted by atomic mass is 9.95. The van der Waals surface area contributed by atoms with Gasteiger partial charge in [-0.05, 0) is 72.3 Å². The molecular weight excluding hydrogens is 666 g/mol. The number of aliphatic hydroxyl groups excluding tert-OH is 1. The summed E-state index contributed by atoms with van der Waals surface area (Å²) in [4.78, 5) is 53.7. The molecule has 0 spiro atoms. The molecule has 2 heterocycles. The van der Waals surface area contributed by atoms with Crippen LogP contribution in [-0.4, -0.2) is 42.6 Å². The summed E-state index contributed by atoms with van der Waals surface area (Å²) in [6, 6.07) is 18.0. The molecule has 0 aliphatic carbocycles. The van der Waals surface area contributed by atoms with Crippen molar-refractivity contribution in [3.8, 4) is 0 Å². The van der Waals surface area contributed by atoms with Crippen LogP contribution in [0.2, 0.25) is 0 Å². The number of hydrogen-bond donors (Lipinski definition) is 3. The third-order valence-corrected chi connectivity index (χ3v) is 7.92. The van der Waals surface area contributed by atoms with E-state index in [2.05, 4.69) is 30.6 Å². The van der Waals surface area contributed by atoms with Crippen LogP contribution >= 0.6 is 0 Å². The van der Waals surface area contributed by atoms with Crippen molar-refractivity contribution in [2.45, 2.75) is 47.6 Å². The number of aromatic nitrogens is 4. The quantitative estimate of drug-likeness (QED) is 0.149. The van der Waals surface area contributed by atoms with Crippen molar-refractivity contribution >= 4 is 51.0 Å². The zero-order valence-electron chi connectivity index (χ0n) is 29.5. The van der Waals surface area contributed by atoms with Crippen LogP contribution in [0.25, 0.3) is 22.1 Å². The van der Waals surface area contributed by atoms with E-state index in [0.717, 1.165) is 0 Å². The summed E-state index contributed by atoms with van der Waals surface area (Å²) >= 11 is 0. The van der Waals surface area contributed by atoms with Crippen LogP contribution in [0.3, 0.4) is 0 Å². The second kappa shape index (κ2) is 15.1. The minimum absolute atomic E-state index is 0.0833. The first-order chi connectivity index (χ1) is 24.5. The molecule has 0 saturated heterocycles. The summed E-state index contributed by atoms with van der Waals surface area (Å²) in [5.74, 6) is -2.09. The molecule has 1 unspecified atom stereocenters. The number of nitrogens with one attached hydrogen (secondary N) is 2. The number of amides is 2. The van der Waals surface area contributed by atoms with E-state index < -0.39 is 34.4 Å². The molecule has 6 aromatic rings. The Morgan fingerprint density at radius 2 is 1.08 bits per heavy atom. The summed E-state index contributed by atoms with van der Waals surface area (Å²) < 4.78 is 28.5. The lowest BCUT2D eigenvalue weighted by Gasteiger charge is -2.19. The van der Waals surface area contributed by atoms with Gasteiger partial charge in [0.15, 0.2) is 5.78 Å². The minimum Gasteiger partial charge on any atom is -0.384 e. The first kappa shape index (κ1) is 37.3. The average molecular weight is 705 g/mol. The van der Waals surface area contributed by atoms with Gasteiger partial charge in [0.25, 0.3) is 0 Å². The Hall–Kier alpha value is -6.01. The van der Waals surface area contributed by atoms with Gasteiger partial charge in [-0.1, -0.05) is 47.6 Å². The zero-order chi connectivity index (χ0) is 37.8. The number of benzene rings is 4. The molecule has 4 aromatic carbocycles. The Kier molecular flexibility index (Phi) is 10.8. The van der Waals surface area contributed by atoms with Crippen molar-refractivity contribution in [1.29, 1.82) is 0 Å². The van der Waals surface area contributed by atoms with E-state index in [1.54, 1.807) is 96.5 Å². The van der Waals surface area contributed by atoms with Gasteiger partial charge in [0, 0.05) is 58.1 Å². The van der Waals surface area contributed by atoms with Crippen molar-refractivity contribution in [1.82, 2.24) is 19.9 Å². The largest absolute Gasteiger partial charge is 0.384 e. The van der Waals surface area contributed by atoms with Gasteiger partial charge >= 0.3 is 0 Å². The number of aliphatic hydroxyl groups is 1. The lowest BCUT2D eigenvalue weighted by molar-refractivity contribution is -0.123. The fraction of sp³-hybridized carbons (Fsp3) is 0.225. The van der Waals surface area contributed by atoms with Crippen molar-refractivity contribution in [3.05, 3.63) is 131 Å². The molecule has 0 bridgehead atoms. The Morgan fingerprint density at radius 3 is 1.63 bits per heavy atom. The minimum atomic E-state index is -1.19. The topological polar surface area (TPSA) is 147 Å². The lowest BCUT2D eigenvalue weighted by Crippen LogP contribution is -2.27. The number of halogens is 2. The van der Waals surface area contributed by atoms with E-state index in [4.69, 9.17) is 0 Å². The summed E-state index contributed by atoms with van der Waals surface area (Å²) in [5, 5.41) is 16.1. The Balaban J connectivity index is 0.000000201. The third-order valence-electron chi connectivity index (χ3n) is 7.92. The normalized spacial score (nSPS) is 12.1. The first-order valence-corrected chi connectivity index (χ1v) is 16.4. The van der Waals surface area contributed by atoms with Crippen LogP contribution in [0.1, 0.15) is 74.7 Å². The van der Waals surface area contributed by atoms with E-state index in [1.165, 1.54) is 42.6 Å². The molecule has 12 heteroatoms. The number of hydrogen-bond acceptors (Lipinski definition) is 8. The van der Waals surface area contributed by atoms with Crippen LogP contribution < -0.4 is 10.6 Å². The van der Waals surface area contributed by atoms with Gasteiger partial charge in [-0.25, -0.2) is 8.78 Å². The van der Waals surface area contributed by atoms with Crippen LogP contribution in [0, 0.1) is 22.5 Å². The molecule has 0 radical (unpaired) electrons. The SMILES string of the molecule is CC(C)(C)C(=O)Nc1ccc(F)c(C(=O)c2ccc3nccnc3c2)c1.CC(C)(C)C(=O)Nc1ccc(F)c(C(O)c2ccc3nccnc3c2)c1. The second-order valence-electron chi connectivity index (χ2n) is 14.1. The van der Waals surface area contributed by atoms with Crippen LogP contribution in [-0.2, 0) is 9.59 Å². The van der Waals surface area contributed by atoms with Crippen LogP contribution in [0.4, 0.5) is 20.2 Å². The van der Waals surface area contributed by atoms with Gasteiger partial charge in [-0.15, -0.1) is 0 Å². The van der Waals surface area contributed by atoms with Crippen molar-refractivity contribution in [3.63, 3.8) is 0 Å². The molecule has 52 heavy (non-hydrogen) atoms. The third kappa shape index (κ3) is 8.82. The summed E-state index contributed by atoms with van der Waals surface area (Å²) in [7, 11) is 0. The van der Waals surface area contributed by atoms with E-state index in [9.17, 15) is 28.3 Å². The molecule has 10 nitrogen and oxygen atoms in total. The van der Waals surface area contributed by atoms with Gasteiger partial charge in [0.1, 0.15) is 17.7 Å². The Bertz CT molecular complexity index is 2300. The number of fused-ring (bicyclic) bond motifs is 2. The Labute approximate surface area is 299 Å². The highest BCUT2D eigenvalue weighted by molar-refractivity contribution is 6.11. The predicted molar refractivity (Wildman–Crippen MR) is 196 cm³/mol. The van der Waals surface area contributed by atoms with Crippen LogP contribution in [0.15, 0.2) is 97.6 Å². The smallest absolute Gasteiger partial charge is 0.229 e. The molecule has 6 rings (SSSR count). The number of carbonyl (C=O) groups is 3. The number of rotatable bonds is 6. The van der Waals surface area contributed by atoms with Gasteiger partial charge < -0.3 is 15.7 Å². The highest BCUT2D eigenvalue weighted by atomic mass is 19.1. The summed E-state index contributed by atoms with van der Waals surface area (Å²) in [6.07, 6.45) is 5.04. The molecule has 2 amide bonds. The fourth-order valence-electron chi connectivity index (χ4n) is 4.84. The van der Waals surface area contributed by atoms with E-state index >= 15 is 0 Å². The molecule has 3 N–H and O–H groups in total. The van der Waals surface area contributed by atoms with Crippen LogP contribution in [0.5, 0.6) is 0 Å². The molecule has 1 atom stereocenters. The van der Waals surface area contributed by atoms with Crippen molar-refractivity contribution < 1.29 is 28.3 Å². The van der Waals surface area contributed by atoms with Gasteiger partial charge in [-0.2, -0.15) is 0 Å². The highest BCUT2D eigenvalue weighted by Crippen LogP contribution is 2.29. The van der Waals surface area contributed by atoms with Crippen molar-refractivity contribution in [2.24, 2.45) is 10.8 Å². The maximum atomic E-state index is 14.3. The monoisotopic (exact) mass is 704 g/mol. The van der Waals surface area contributed by atoms with E-state index in [1.807, 2.05) is 0 Å².